The molecule has 0 unspecified atom stereocenters. The van der Waals surface area contributed by atoms with Crippen LogP contribution >= 0.6 is 23.5 Å². The highest BCUT2D eigenvalue weighted by molar-refractivity contribution is 8.00. The molecule has 3 aromatic rings. The summed E-state index contributed by atoms with van der Waals surface area (Å²) < 4.78 is 3.69. The molecule has 0 aromatic heterocycles. The molecule has 196 valence electrons. The van der Waals surface area contributed by atoms with Crippen LogP contribution in [-0.4, -0.2) is 53.0 Å². The van der Waals surface area contributed by atoms with E-state index in [0.717, 1.165) is 16.7 Å². The molecule has 9 heteroatoms. The number of esters is 1. The Kier molecular flexibility index (Phi) is 11.7. The minimum Gasteiger partial charge on any atom is -0.480 e. The molecule has 0 spiro atoms. The van der Waals surface area contributed by atoms with Gasteiger partial charge in [-0.15, -0.1) is 11.8 Å². The molecule has 1 fully saturated rings. The number of nitrogens with one attached hydrogen (secondary N) is 1. The van der Waals surface area contributed by atoms with Gasteiger partial charge in [0.15, 0.2) is 0 Å². The molecule has 1 amide bonds. The zero-order chi connectivity index (χ0) is 26.0. The lowest BCUT2D eigenvalue weighted by Gasteiger charge is -2.36. The van der Waals surface area contributed by atoms with Gasteiger partial charge < -0.3 is 20.9 Å². The Bertz CT molecular complexity index is 1050. The van der Waals surface area contributed by atoms with E-state index in [9.17, 15) is 19.5 Å². The second kappa shape index (κ2) is 14.5. The van der Waals surface area contributed by atoms with Crippen LogP contribution in [0.2, 0.25) is 0 Å². The quantitative estimate of drug-likeness (QED) is 0.202. The average molecular weight is 541 g/mol. The van der Waals surface area contributed by atoms with E-state index in [1.165, 1.54) is 11.8 Å². The minimum atomic E-state index is -0.986. The number of thioether (sulfide) groups is 2. The number of benzene rings is 3. The number of hydrogen-bond acceptors (Lipinski definition) is 7. The summed E-state index contributed by atoms with van der Waals surface area (Å²) in [6, 6.07) is 29.1. The number of nitrogens with two attached hydrogens (primary N) is 1. The molecule has 0 bridgehead atoms. The number of aliphatic carboxylic acids is 1. The van der Waals surface area contributed by atoms with Crippen LogP contribution in [0, 0.1) is 0 Å². The number of cyclic esters (lactones) is 2. The fraction of sp³-hybridized carbons (Fsp3) is 0.250. The molecule has 1 heterocycles. The van der Waals surface area contributed by atoms with E-state index in [1.54, 1.807) is 11.8 Å². The van der Waals surface area contributed by atoms with E-state index in [1.807, 2.05) is 60.9 Å². The summed E-state index contributed by atoms with van der Waals surface area (Å²) in [5.41, 5.74) is 9.13. The molecule has 2 atom stereocenters. The first kappa shape index (κ1) is 30.0. The van der Waals surface area contributed by atoms with Crippen molar-refractivity contribution in [2.45, 2.75) is 24.3 Å². The minimum absolute atomic E-state index is 0. The average Bonchev–Trinajstić information content (AvgIpc) is 3.23. The summed E-state index contributed by atoms with van der Waals surface area (Å²) in [4.78, 5) is 32.3. The molecule has 1 aliphatic rings. The van der Waals surface area contributed by atoms with Gasteiger partial charge in [-0.2, -0.15) is 11.8 Å². The monoisotopic (exact) mass is 540 g/mol. The number of rotatable bonds is 9. The Morgan fingerprint density at radius 3 is 1.70 bits per heavy atom. The molecule has 0 aliphatic carbocycles. The third kappa shape index (κ3) is 7.61. The van der Waals surface area contributed by atoms with E-state index in [4.69, 9.17) is 5.73 Å². The van der Waals surface area contributed by atoms with Crippen molar-refractivity contribution in [3.05, 3.63) is 108 Å². The summed E-state index contributed by atoms with van der Waals surface area (Å²) in [6.07, 6.45) is 1.22. The van der Waals surface area contributed by atoms with Crippen LogP contribution in [0.1, 0.15) is 24.1 Å². The molecular weight excluding hydrogens is 508 g/mol. The van der Waals surface area contributed by atoms with Crippen LogP contribution in [0.4, 0.5) is 4.79 Å². The van der Waals surface area contributed by atoms with Crippen LogP contribution in [-0.2, 0) is 19.1 Å². The Labute approximate surface area is 226 Å². The molecule has 0 radical (unpaired) electrons. The van der Waals surface area contributed by atoms with Gasteiger partial charge in [0.05, 0.1) is 4.75 Å². The predicted molar refractivity (Wildman–Crippen MR) is 151 cm³/mol. The molecule has 0 saturated carbocycles. The largest absolute Gasteiger partial charge is 0.480 e. The number of ether oxygens (including phenoxy) is 1. The fourth-order valence-electron chi connectivity index (χ4n) is 3.72. The second-order valence-corrected chi connectivity index (χ2v) is 10.0. The topological polar surface area (TPSA) is 119 Å². The third-order valence-electron chi connectivity index (χ3n) is 5.44. The van der Waals surface area contributed by atoms with Crippen molar-refractivity contribution in [1.29, 1.82) is 0 Å². The van der Waals surface area contributed by atoms with Crippen LogP contribution in [0.5, 0.6) is 0 Å². The van der Waals surface area contributed by atoms with E-state index < -0.39 is 34.9 Å². The number of carbonyl (C=O) groups excluding carboxylic acids is 2. The van der Waals surface area contributed by atoms with Crippen molar-refractivity contribution in [2.24, 2.45) is 5.73 Å². The molecular formula is C28H32N2O5S2. The number of carboxylic acids is 1. The molecule has 4 rings (SSSR count). The van der Waals surface area contributed by atoms with E-state index in [2.05, 4.69) is 46.5 Å². The SMILES string of the molecule is C.CSC[C@@H]1NC(=O)OC1=O.N[C@@H](CSC(c1ccccc1)(c1ccccc1)c1ccccc1)C(=O)O. The first-order valence-corrected chi connectivity index (χ1v) is 13.6. The van der Waals surface area contributed by atoms with Crippen molar-refractivity contribution in [2.75, 3.05) is 17.8 Å². The highest BCUT2D eigenvalue weighted by Crippen LogP contribution is 2.48. The summed E-state index contributed by atoms with van der Waals surface area (Å²) >= 11 is 3.05. The highest BCUT2D eigenvalue weighted by Gasteiger charge is 2.37. The predicted octanol–water partition coefficient (Wildman–Crippen LogP) is 4.74. The van der Waals surface area contributed by atoms with E-state index in [0.29, 0.717) is 11.5 Å². The van der Waals surface area contributed by atoms with Crippen LogP contribution in [0.15, 0.2) is 91.0 Å². The molecule has 1 aliphatic heterocycles. The summed E-state index contributed by atoms with van der Waals surface area (Å²) in [6.45, 7) is 0. The lowest BCUT2D eigenvalue weighted by Crippen LogP contribution is -2.36. The second-order valence-electron chi connectivity index (χ2n) is 7.90. The standard InChI is InChI=1S/C22H21NO2S.C5H7NO3S.CH4/c23-20(21(24)25)16-26-22(17-10-4-1-5-11-17,18-12-6-2-7-13-18)19-14-8-3-9-15-19;1-10-2-3-4(7)9-5(8)6-3;/h1-15,20H,16,23H2,(H,24,25);3H,2H2,1H3,(H,6,8);1H4/t20-;3-;/m00./s1. The van der Waals surface area contributed by atoms with E-state index in [-0.39, 0.29) is 7.43 Å². The fourth-order valence-corrected chi connectivity index (χ4v) is 5.76. The van der Waals surface area contributed by atoms with E-state index >= 15 is 0 Å². The normalized spacial score (nSPS) is 15.4. The maximum absolute atomic E-state index is 11.3. The van der Waals surface area contributed by atoms with Crippen molar-refractivity contribution in [1.82, 2.24) is 5.32 Å². The maximum Gasteiger partial charge on any atom is 0.415 e. The Hall–Kier alpha value is -3.27. The molecule has 7 nitrogen and oxygen atoms in total. The van der Waals surface area contributed by atoms with Gasteiger partial charge in [0.2, 0.25) is 0 Å². The van der Waals surface area contributed by atoms with Crippen LogP contribution < -0.4 is 11.1 Å². The van der Waals surface area contributed by atoms with Crippen molar-refractivity contribution in [3.8, 4) is 0 Å². The van der Waals surface area contributed by atoms with Gasteiger partial charge in [-0.3, -0.25) is 4.79 Å². The summed E-state index contributed by atoms with van der Waals surface area (Å²) in [5.74, 6) is -0.585. The highest BCUT2D eigenvalue weighted by atomic mass is 32.2. The zero-order valence-corrected chi connectivity index (χ0v) is 21.3. The van der Waals surface area contributed by atoms with Gasteiger partial charge in [-0.1, -0.05) is 98.4 Å². The van der Waals surface area contributed by atoms with Gasteiger partial charge >= 0.3 is 18.0 Å². The number of amides is 1. The van der Waals surface area contributed by atoms with Gasteiger partial charge in [0.1, 0.15) is 12.1 Å². The maximum atomic E-state index is 11.3. The number of alkyl carbamates (subject to hydrolysis) is 1. The summed E-state index contributed by atoms with van der Waals surface area (Å²) in [7, 11) is 0. The van der Waals surface area contributed by atoms with Gasteiger partial charge in [0.25, 0.3) is 0 Å². The van der Waals surface area contributed by atoms with Crippen molar-refractivity contribution < 1.29 is 24.2 Å². The van der Waals surface area contributed by atoms with Gasteiger partial charge in [-0.25, -0.2) is 9.59 Å². The lowest BCUT2D eigenvalue weighted by molar-refractivity contribution is -0.138. The Morgan fingerprint density at radius 2 is 1.38 bits per heavy atom. The zero-order valence-electron chi connectivity index (χ0n) is 19.7. The molecule has 4 N–H and O–H groups in total. The summed E-state index contributed by atoms with van der Waals surface area (Å²) in [5, 5.41) is 11.6. The smallest absolute Gasteiger partial charge is 0.415 e. The van der Waals surface area contributed by atoms with Gasteiger partial charge in [0, 0.05) is 11.5 Å². The molecule has 1 saturated heterocycles. The number of hydrogen-bond donors (Lipinski definition) is 3. The Morgan fingerprint density at radius 1 is 0.946 bits per heavy atom. The third-order valence-corrected chi connectivity index (χ3v) is 7.77. The molecule has 3 aromatic carbocycles. The Balaban J connectivity index is 0.000000369. The van der Waals surface area contributed by atoms with Crippen LogP contribution in [0.25, 0.3) is 0 Å². The number of carboxylic acid groups (broad SMARTS) is 1. The first-order valence-electron chi connectivity index (χ1n) is 11.2. The van der Waals surface area contributed by atoms with Gasteiger partial charge in [-0.05, 0) is 22.9 Å². The van der Waals surface area contributed by atoms with Crippen LogP contribution in [0.3, 0.4) is 0 Å². The lowest BCUT2D eigenvalue weighted by atomic mass is 9.84. The first-order chi connectivity index (χ1) is 17.4. The molecule has 37 heavy (non-hydrogen) atoms. The number of carbonyl (C=O) groups is 3. The van der Waals surface area contributed by atoms with Crippen molar-refractivity contribution in [3.63, 3.8) is 0 Å². The van der Waals surface area contributed by atoms with Crippen molar-refractivity contribution >= 4 is 41.6 Å².